The molecule has 0 fully saturated rings. The highest BCUT2D eigenvalue weighted by Gasteiger charge is 2.20. The zero-order valence-electron chi connectivity index (χ0n) is 18.3. The van der Waals surface area contributed by atoms with Gasteiger partial charge in [0.1, 0.15) is 5.60 Å². The van der Waals surface area contributed by atoms with Crippen LogP contribution >= 0.6 is 0 Å². The van der Waals surface area contributed by atoms with Gasteiger partial charge in [-0.2, -0.15) is 0 Å². The van der Waals surface area contributed by atoms with Crippen LogP contribution in [0.1, 0.15) is 37.5 Å². The second-order valence-electron chi connectivity index (χ2n) is 7.61. The minimum Gasteiger partial charge on any atom is -0.493 e. The van der Waals surface area contributed by atoms with E-state index in [1.54, 1.807) is 28.4 Å². The second-order valence-corrected chi connectivity index (χ2v) is 7.61. The van der Waals surface area contributed by atoms with Crippen LogP contribution in [0.3, 0.4) is 0 Å². The van der Waals surface area contributed by atoms with Crippen molar-refractivity contribution in [3.63, 3.8) is 0 Å². The molecule has 2 aromatic carbocycles. The van der Waals surface area contributed by atoms with Crippen LogP contribution in [0.4, 0.5) is 0 Å². The minimum absolute atomic E-state index is 0.139. The Morgan fingerprint density at radius 1 is 0.759 bits per heavy atom. The molecule has 29 heavy (non-hydrogen) atoms. The molecule has 158 valence electrons. The maximum Gasteiger partial charge on any atom is 0.310 e. The Balaban J connectivity index is 2.41. The number of ether oxygens (including phenoxy) is 5. The lowest BCUT2D eigenvalue weighted by Gasteiger charge is -2.21. The van der Waals surface area contributed by atoms with E-state index in [1.807, 2.05) is 51.1 Å². The zero-order chi connectivity index (χ0) is 21.6. The Labute approximate surface area is 172 Å². The van der Waals surface area contributed by atoms with Crippen molar-refractivity contribution in [2.45, 2.75) is 39.2 Å². The molecule has 6 heteroatoms. The first kappa shape index (κ1) is 22.4. The Bertz CT molecular complexity index is 851. The first-order valence-corrected chi connectivity index (χ1v) is 9.37. The van der Waals surface area contributed by atoms with Gasteiger partial charge in [0.05, 0.1) is 34.9 Å². The summed E-state index contributed by atoms with van der Waals surface area (Å²) < 4.78 is 27.1. The summed E-state index contributed by atoms with van der Waals surface area (Å²) in [4.78, 5) is 12.4. The molecular weight excluding hydrogens is 372 g/mol. The van der Waals surface area contributed by atoms with Crippen LogP contribution in [-0.2, 0) is 22.4 Å². The number of esters is 1. The summed E-state index contributed by atoms with van der Waals surface area (Å²) in [7, 11) is 6.37. The van der Waals surface area contributed by atoms with Crippen LogP contribution in [0.15, 0.2) is 30.3 Å². The van der Waals surface area contributed by atoms with Crippen molar-refractivity contribution in [3.8, 4) is 23.0 Å². The van der Waals surface area contributed by atoms with Gasteiger partial charge in [-0.3, -0.25) is 4.79 Å². The van der Waals surface area contributed by atoms with Gasteiger partial charge in [0.2, 0.25) is 0 Å². The number of rotatable bonds is 8. The van der Waals surface area contributed by atoms with Crippen LogP contribution in [0.25, 0.3) is 0 Å². The molecular formula is C23H30O6. The number of benzene rings is 2. The lowest BCUT2D eigenvalue weighted by atomic mass is 9.96. The van der Waals surface area contributed by atoms with E-state index in [0.717, 1.165) is 16.7 Å². The van der Waals surface area contributed by atoms with Crippen LogP contribution < -0.4 is 18.9 Å². The highest BCUT2D eigenvalue weighted by molar-refractivity contribution is 5.74. The SMILES string of the molecule is COc1ccc(Cc2cc(OC)c(OC)cc2CC(=O)OC(C)(C)C)cc1OC. The standard InChI is InChI=1S/C23H30O6/c1-23(2,3)29-22(24)14-17-13-21(28-7)20(27-6)12-16(17)10-15-8-9-18(25-4)19(11-15)26-5/h8-9,11-13H,10,14H2,1-7H3. The van der Waals surface area contributed by atoms with Crippen molar-refractivity contribution in [1.82, 2.24) is 0 Å². The van der Waals surface area contributed by atoms with E-state index in [-0.39, 0.29) is 12.4 Å². The van der Waals surface area contributed by atoms with Gasteiger partial charge in [0.25, 0.3) is 0 Å². The number of hydrogen-bond donors (Lipinski definition) is 0. The predicted octanol–water partition coefficient (Wildman–Crippen LogP) is 4.20. The van der Waals surface area contributed by atoms with Crippen LogP contribution in [0.5, 0.6) is 23.0 Å². The summed E-state index contributed by atoms with van der Waals surface area (Å²) in [6.07, 6.45) is 0.721. The molecule has 0 saturated carbocycles. The molecule has 0 aromatic heterocycles. The van der Waals surface area contributed by atoms with Gasteiger partial charge in [-0.1, -0.05) is 6.07 Å². The number of hydrogen-bond acceptors (Lipinski definition) is 6. The molecule has 0 bridgehead atoms. The highest BCUT2D eigenvalue weighted by atomic mass is 16.6. The van der Waals surface area contributed by atoms with Gasteiger partial charge < -0.3 is 23.7 Å². The van der Waals surface area contributed by atoms with Crippen LogP contribution in [0, 0.1) is 0 Å². The van der Waals surface area contributed by atoms with Gasteiger partial charge in [-0.05, 0) is 68.1 Å². The molecule has 0 aliphatic heterocycles. The molecule has 2 aromatic rings. The monoisotopic (exact) mass is 402 g/mol. The van der Waals surface area contributed by atoms with Crippen molar-refractivity contribution in [2.24, 2.45) is 0 Å². The molecule has 2 rings (SSSR count). The Kier molecular flexibility index (Phi) is 7.37. The third-order valence-corrected chi connectivity index (χ3v) is 4.30. The summed E-state index contributed by atoms with van der Waals surface area (Å²) >= 11 is 0. The fourth-order valence-corrected chi connectivity index (χ4v) is 3.04. The van der Waals surface area contributed by atoms with E-state index in [2.05, 4.69) is 0 Å². The summed E-state index contributed by atoms with van der Waals surface area (Å²) in [6.45, 7) is 5.55. The molecule has 0 saturated heterocycles. The normalized spacial score (nSPS) is 11.0. The van der Waals surface area contributed by atoms with E-state index in [0.29, 0.717) is 29.4 Å². The average Bonchev–Trinajstić information content (AvgIpc) is 2.67. The van der Waals surface area contributed by atoms with Crippen molar-refractivity contribution in [2.75, 3.05) is 28.4 Å². The van der Waals surface area contributed by atoms with Crippen molar-refractivity contribution >= 4 is 5.97 Å². The fraction of sp³-hybridized carbons (Fsp3) is 0.435. The number of methoxy groups -OCH3 is 4. The molecule has 0 amide bonds. The third kappa shape index (κ3) is 6.04. The van der Waals surface area contributed by atoms with E-state index in [9.17, 15) is 4.79 Å². The molecule has 0 spiro atoms. The molecule has 0 aliphatic rings. The Morgan fingerprint density at radius 2 is 1.28 bits per heavy atom. The van der Waals surface area contributed by atoms with E-state index < -0.39 is 5.60 Å². The highest BCUT2D eigenvalue weighted by Crippen LogP contribution is 2.34. The van der Waals surface area contributed by atoms with Gasteiger partial charge in [0, 0.05) is 0 Å². The summed E-state index contributed by atoms with van der Waals surface area (Å²) in [5.41, 5.74) is 2.24. The predicted molar refractivity (Wildman–Crippen MR) is 111 cm³/mol. The first-order valence-electron chi connectivity index (χ1n) is 9.37. The van der Waals surface area contributed by atoms with E-state index >= 15 is 0 Å². The molecule has 0 radical (unpaired) electrons. The summed E-state index contributed by atoms with van der Waals surface area (Å²) in [6, 6.07) is 9.48. The number of carbonyl (C=O) groups is 1. The van der Waals surface area contributed by atoms with Gasteiger partial charge >= 0.3 is 5.97 Å². The molecule has 0 unspecified atom stereocenters. The lowest BCUT2D eigenvalue weighted by molar-refractivity contribution is -0.153. The minimum atomic E-state index is -0.544. The lowest BCUT2D eigenvalue weighted by Crippen LogP contribution is -2.25. The second kappa shape index (κ2) is 9.54. The fourth-order valence-electron chi connectivity index (χ4n) is 3.04. The molecule has 6 nitrogen and oxygen atoms in total. The van der Waals surface area contributed by atoms with Gasteiger partial charge in [-0.15, -0.1) is 0 Å². The summed E-state index contributed by atoms with van der Waals surface area (Å²) in [5.74, 6) is 2.20. The molecule has 0 heterocycles. The quantitative estimate of drug-likeness (QED) is 0.617. The topological polar surface area (TPSA) is 63.2 Å². The maximum absolute atomic E-state index is 12.4. The smallest absolute Gasteiger partial charge is 0.310 e. The van der Waals surface area contributed by atoms with Crippen molar-refractivity contribution < 1.29 is 28.5 Å². The average molecular weight is 402 g/mol. The van der Waals surface area contributed by atoms with E-state index in [4.69, 9.17) is 23.7 Å². The zero-order valence-corrected chi connectivity index (χ0v) is 18.3. The Morgan fingerprint density at radius 3 is 1.79 bits per heavy atom. The largest absolute Gasteiger partial charge is 0.493 e. The van der Waals surface area contributed by atoms with Crippen LogP contribution in [0.2, 0.25) is 0 Å². The van der Waals surface area contributed by atoms with Gasteiger partial charge in [0.15, 0.2) is 23.0 Å². The van der Waals surface area contributed by atoms with Crippen molar-refractivity contribution in [1.29, 1.82) is 0 Å². The van der Waals surface area contributed by atoms with Gasteiger partial charge in [-0.25, -0.2) is 0 Å². The third-order valence-electron chi connectivity index (χ3n) is 4.30. The molecule has 0 atom stereocenters. The number of carbonyl (C=O) groups excluding carboxylic acids is 1. The molecule has 0 aliphatic carbocycles. The van der Waals surface area contributed by atoms with Crippen LogP contribution in [-0.4, -0.2) is 40.0 Å². The van der Waals surface area contributed by atoms with E-state index in [1.165, 1.54) is 0 Å². The summed E-state index contributed by atoms with van der Waals surface area (Å²) in [5, 5.41) is 0. The maximum atomic E-state index is 12.4. The Hall–Kier alpha value is -2.89. The molecule has 0 N–H and O–H groups in total. The van der Waals surface area contributed by atoms with Crippen molar-refractivity contribution in [3.05, 3.63) is 47.0 Å². The first-order chi connectivity index (χ1) is 13.7.